The lowest BCUT2D eigenvalue weighted by atomic mass is 10.2. The van der Waals surface area contributed by atoms with Crippen LogP contribution in [0.2, 0.25) is 0 Å². The summed E-state index contributed by atoms with van der Waals surface area (Å²) >= 11 is 0. The van der Waals surface area contributed by atoms with Crippen LogP contribution in [0.4, 0.5) is 5.95 Å². The van der Waals surface area contributed by atoms with Gasteiger partial charge in [0.25, 0.3) is 0 Å². The lowest BCUT2D eigenvalue weighted by Gasteiger charge is -2.14. The van der Waals surface area contributed by atoms with Crippen LogP contribution in [0.3, 0.4) is 0 Å². The molecule has 0 radical (unpaired) electrons. The summed E-state index contributed by atoms with van der Waals surface area (Å²) in [6.07, 6.45) is 7.69. The van der Waals surface area contributed by atoms with Gasteiger partial charge in [-0.15, -0.1) is 0 Å². The quantitative estimate of drug-likeness (QED) is 0.823. The zero-order chi connectivity index (χ0) is 10.7. The maximum atomic E-state index is 5.35. The summed E-state index contributed by atoms with van der Waals surface area (Å²) < 4.78 is 7.48. The van der Waals surface area contributed by atoms with Crippen molar-refractivity contribution in [2.75, 3.05) is 12.4 Å². The second kappa shape index (κ2) is 4.66. The second-order valence-electron chi connectivity index (χ2n) is 4.05. The highest BCUT2D eigenvalue weighted by Crippen LogP contribution is 2.24. The topological polar surface area (TPSA) is 39.1 Å². The molecule has 2 rings (SSSR count). The Bertz CT molecular complexity index is 311. The van der Waals surface area contributed by atoms with E-state index in [9.17, 15) is 0 Å². The minimum Gasteiger partial charge on any atom is -0.381 e. The molecule has 0 aromatic carbocycles. The molecular formula is C11H19N3O. The van der Waals surface area contributed by atoms with E-state index in [1.165, 1.54) is 6.42 Å². The van der Waals surface area contributed by atoms with Crippen LogP contribution in [-0.4, -0.2) is 28.8 Å². The number of rotatable bonds is 4. The Balaban J connectivity index is 1.92. The number of hydrogen-bond donors (Lipinski definition) is 1. The zero-order valence-corrected chi connectivity index (χ0v) is 9.44. The van der Waals surface area contributed by atoms with E-state index in [1.54, 1.807) is 7.11 Å². The monoisotopic (exact) mass is 209 g/mol. The zero-order valence-electron chi connectivity index (χ0n) is 9.44. The average Bonchev–Trinajstić information content (AvgIpc) is 2.87. The Morgan fingerprint density at radius 1 is 1.60 bits per heavy atom. The third-order valence-electron chi connectivity index (χ3n) is 3.11. The summed E-state index contributed by atoms with van der Waals surface area (Å²) in [6.45, 7) is 3.09. The fraction of sp³-hybridized carbons (Fsp3) is 0.727. The molecule has 0 bridgehead atoms. The van der Waals surface area contributed by atoms with Crippen LogP contribution in [0.1, 0.15) is 26.2 Å². The van der Waals surface area contributed by atoms with Gasteiger partial charge < -0.3 is 14.6 Å². The molecule has 4 nitrogen and oxygen atoms in total. The van der Waals surface area contributed by atoms with Crippen molar-refractivity contribution in [2.45, 2.75) is 44.9 Å². The van der Waals surface area contributed by atoms with Crippen molar-refractivity contribution in [3.05, 3.63) is 12.4 Å². The van der Waals surface area contributed by atoms with Crippen molar-refractivity contribution >= 4 is 5.95 Å². The van der Waals surface area contributed by atoms with Crippen LogP contribution in [-0.2, 0) is 11.3 Å². The maximum absolute atomic E-state index is 5.35. The molecule has 1 aliphatic rings. The molecule has 0 amide bonds. The van der Waals surface area contributed by atoms with Gasteiger partial charge >= 0.3 is 0 Å². The van der Waals surface area contributed by atoms with Crippen LogP contribution in [0.25, 0.3) is 0 Å². The van der Waals surface area contributed by atoms with Crippen molar-refractivity contribution in [3.63, 3.8) is 0 Å². The van der Waals surface area contributed by atoms with Crippen molar-refractivity contribution in [2.24, 2.45) is 0 Å². The highest BCUT2D eigenvalue weighted by atomic mass is 16.5. The molecule has 1 aromatic heterocycles. The van der Waals surface area contributed by atoms with Crippen molar-refractivity contribution in [3.8, 4) is 0 Å². The number of anilines is 1. The lowest BCUT2D eigenvalue weighted by molar-refractivity contribution is 0.108. The summed E-state index contributed by atoms with van der Waals surface area (Å²) in [5.74, 6) is 0.985. The van der Waals surface area contributed by atoms with Gasteiger partial charge in [-0.1, -0.05) is 0 Å². The Labute approximate surface area is 90.6 Å². The minimum absolute atomic E-state index is 0.424. The van der Waals surface area contributed by atoms with Gasteiger partial charge in [0.05, 0.1) is 6.10 Å². The number of hydrogen-bond acceptors (Lipinski definition) is 3. The van der Waals surface area contributed by atoms with Crippen LogP contribution < -0.4 is 5.32 Å². The van der Waals surface area contributed by atoms with Gasteiger partial charge in [0.2, 0.25) is 5.95 Å². The molecule has 1 heterocycles. The smallest absolute Gasteiger partial charge is 0.202 e. The summed E-state index contributed by atoms with van der Waals surface area (Å²) in [5, 5.41) is 3.48. The van der Waals surface area contributed by atoms with E-state index in [0.717, 1.165) is 25.3 Å². The number of nitrogens with zero attached hydrogens (tertiary/aromatic N) is 2. The molecule has 2 unspecified atom stereocenters. The van der Waals surface area contributed by atoms with Crippen molar-refractivity contribution < 1.29 is 4.74 Å². The molecule has 0 saturated heterocycles. The first-order chi connectivity index (χ1) is 7.33. The normalized spacial score (nSPS) is 25.7. The first-order valence-corrected chi connectivity index (χ1v) is 5.64. The number of aromatic nitrogens is 2. The molecule has 1 aliphatic carbocycles. The summed E-state index contributed by atoms with van der Waals surface area (Å²) in [6, 6.07) is 0.516. The summed E-state index contributed by atoms with van der Waals surface area (Å²) in [5.41, 5.74) is 0. The van der Waals surface area contributed by atoms with E-state index in [0.29, 0.717) is 12.1 Å². The third kappa shape index (κ3) is 2.31. The standard InChI is InChI=1S/C11H19N3O/c1-3-14-7-6-12-11(14)13-9-4-5-10(8-9)15-2/h6-7,9-10H,3-5,8H2,1-2H3,(H,12,13). The summed E-state index contributed by atoms with van der Waals surface area (Å²) in [7, 11) is 1.79. The van der Waals surface area contributed by atoms with Crippen molar-refractivity contribution in [1.82, 2.24) is 9.55 Å². The number of ether oxygens (including phenoxy) is 1. The molecule has 1 saturated carbocycles. The minimum atomic E-state index is 0.424. The third-order valence-corrected chi connectivity index (χ3v) is 3.11. The average molecular weight is 209 g/mol. The molecule has 1 aromatic rings. The largest absolute Gasteiger partial charge is 0.381 e. The van der Waals surface area contributed by atoms with Crippen molar-refractivity contribution in [1.29, 1.82) is 0 Å². The molecule has 1 fully saturated rings. The Morgan fingerprint density at radius 3 is 3.13 bits per heavy atom. The molecule has 2 atom stereocenters. The SMILES string of the molecule is CCn1ccnc1NC1CCC(OC)C1. The molecule has 84 valence electrons. The van der Waals surface area contributed by atoms with Crippen LogP contribution in [0.15, 0.2) is 12.4 Å². The highest BCUT2D eigenvalue weighted by Gasteiger charge is 2.24. The number of nitrogens with one attached hydrogen (secondary N) is 1. The first kappa shape index (κ1) is 10.5. The van der Waals surface area contributed by atoms with Crippen LogP contribution >= 0.6 is 0 Å². The molecule has 0 spiro atoms. The Morgan fingerprint density at radius 2 is 2.47 bits per heavy atom. The first-order valence-electron chi connectivity index (χ1n) is 5.64. The predicted molar refractivity (Wildman–Crippen MR) is 60.0 cm³/mol. The molecule has 4 heteroatoms. The van der Waals surface area contributed by atoms with Crippen LogP contribution in [0.5, 0.6) is 0 Å². The lowest BCUT2D eigenvalue weighted by Crippen LogP contribution is -2.19. The van der Waals surface area contributed by atoms with E-state index in [4.69, 9.17) is 4.74 Å². The van der Waals surface area contributed by atoms with Gasteiger partial charge in [0.1, 0.15) is 0 Å². The number of aryl methyl sites for hydroxylation is 1. The predicted octanol–water partition coefficient (Wildman–Crippen LogP) is 1.88. The van der Waals surface area contributed by atoms with Gasteiger partial charge in [-0.05, 0) is 26.2 Å². The molecule has 1 N–H and O–H groups in total. The number of methoxy groups -OCH3 is 1. The highest BCUT2D eigenvalue weighted by molar-refractivity contribution is 5.28. The van der Waals surface area contributed by atoms with Gasteiger partial charge in [0, 0.05) is 32.1 Å². The van der Waals surface area contributed by atoms with E-state index in [-0.39, 0.29) is 0 Å². The molecule has 0 aliphatic heterocycles. The molecule has 15 heavy (non-hydrogen) atoms. The van der Waals surface area contributed by atoms with Crippen LogP contribution in [0, 0.1) is 0 Å². The maximum Gasteiger partial charge on any atom is 0.202 e. The summed E-state index contributed by atoms with van der Waals surface area (Å²) in [4.78, 5) is 4.31. The Hall–Kier alpha value is -1.03. The molecular weight excluding hydrogens is 190 g/mol. The van der Waals surface area contributed by atoms with Gasteiger partial charge in [-0.3, -0.25) is 0 Å². The second-order valence-corrected chi connectivity index (χ2v) is 4.05. The van der Waals surface area contributed by atoms with E-state index in [1.807, 2.05) is 12.4 Å². The van der Waals surface area contributed by atoms with E-state index >= 15 is 0 Å². The van der Waals surface area contributed by atoms with Gasteiger partial charge in [-0.25, -0.2) is 4.98 Å². The number of imidazole rings is 1. The van der Waals surface area contributed by atoms with E-state index in [2.05, 4.69) is 21.8 Å². The fourth-order valence-corrected chi connectivity index (χ4v) is 2.17. The van der Waals surface area contributed by atoms with Gasteiger partial charge in [-0.2, -0.15) is 0 Å². The Kier molecular flexibility index (Phi) is 3.26. The van der Waals surface area contributed by atoms with E-state index < -0.39 is 0 Å². The fourth-order valence-electron chi connectivity index (χ4n) is 2.17. The van der Waals surface area contributed by atoms with Gasteiger partial charge in [0.15, 0.2) is 0 Å².